The lowest BCUT2D eigenvalue weighted by Crippen LogP contribution is -2.06. The van der Waals surface area contributed by atoms with E-state index in [0.29, 0.717) is 17.6 Å². The Kier molecular flexibility index (Phi) is 19.0. The fraction of sp³-hybridized carbons (Fsp3) is 0. The highest BCUT2D eigenvalue weighted by atomic mass is 15.2. The van der Waals surface area contributed by atoms with Gasteiger partial charge in [0, 0.05) is 123 Å². The molecule has 0 aliphatic heterocycles. The van der Waals surface area contributed by atoms with Crippen LogP contribution in [0.3, 0.4) is 0 Å². The number of fused-ring (bicyclic) bond motifs is 19. The molecule has 0 saturated heterocycles. The molecule has 0 fully saturated rings. The predicted octanol–water partition coefficient (Wildman–Crippen LogP) is 31.2. The zero-order valence-corrected chi connectivity index (χ0v) is 73.6. The number of nitrogens with zero attached hydrogens (tertiary/aromatic N) is 12. The monoisotopic (exact) mass is 1740 g/mol. The van der Waals surface area contributed by atoms with Gasteiger partial charge >= 0.3 is 0 Å². The smallest absolute Gasteiger partial charge is 0.238 e. The molecule has 0 atom stereocenters. The SMILES string of the molecule is c1ccc(-c2ccc(-n3c4ccccc4c4c(-c5cccc6c5c5cccnc5n6-c5ccccc5)cccc43)cc2)cc1.c1ccc(-c2nc(-c3ccccc3)nc(-n3c4ccccc4c4c(-c5cccc6c5c5cccnc5n6-c5ccccc5)cccc43)n2)cc1.c1ccc(-n2c3cccc(-c4cccc5c4c4ccccc4n5-c4ccc5ccccc5c4)c3c3cccnc32)cc1. The highest BCUT2D eigenvalue weighted by Crippen LogP contribution is 2.49. The molecular formula is C124H80N12. The van der Waals surface area contributed by atoms with E-state index in [2.05, 4.69) is 410 Å². The molecule has 0 spiro atoms. The largest absolute Gasteiger partial charge is 0.309 e. The summed E-state index contributed by atoms with van der Waals surface area (Å²) >= 11 is 0. The third-order valence-electron chi connectivity index (χ3n) is 26.8. The molecule has 10 heterocycles. The zero-order chi connectivity index (χ0) is 89.7. The Morgan fingerprint density at radius 1 is 0.154 bits per heavy atom. The van der Waals surface area contributed by atoms with Crippen LogP contribution in [0.2, 0.25) is 0 Å². The van der Waals surface area contributed by atoms with Crippen molar-refractivity contribution in [3.63, 3.8) is 0 Å². The molecule has 0 aliphatic rings. The van der Waals surface area contributed by atoms with Crippen LogP contribution < -0.4 is 0 Å². The molecule has 0 amide bonds. The highest BCUT2D eigenvalue weighted by molar-refractivity contribution is 6.26. The standard InChI is InChI=1S/C44H28N6.C41H27N3.C39H25N3/c1-4-15-29(16-5-1)41-46-42(30-17-6-2-7-18-30)48-44(47-41)50-36-25-11-10-21-34(36)39-32(22-13-27-38(39)50)33-23-12-26-37-40(33)35-24-14-28-45-43(35)49(37)31-19-8-3-9-20-31;1-3-12-28(13-4-1)29-23-25-31(26-24-29)43-36-20-8-7-16-34(36)39-32(17-9-21-37(39)43)33-18-10-22-38-40(33)35-19-11-27-42-41(35)44(38)30-14-5-2-6-15-30;1-2-13-28(14-3-1)42-36-21-9-17-31(38(36)33-18-10-24-40-39(33)42)30-16-8-20-35-37(30)32-15-6-7-19-34(32)41(35)29-23-22-26-11-4-5-12-27(26)25-29/h1-28H;1-27H;1-25H. The van der Waals surface area contributed by atoms with Crippen molar-refractivity contribution in [3.8, 4) is 102 Å². The van der Waals surface area contributed by atoms with Gasteiger partial charge in [0.25, 0.3) is 0 Å². The molecule has 0 N–H and O–H groups in total. The first-order valence-electron chi connectivity index (χ1n) is 46.0. The normalized spacial score (nSPS) is 11.7. The highest BCUT2D eigenvalue weighted by Gasteiger charge is 2.28. The molecule has 0 aliphatic carbocycles. The molecule has 28 aromatic rings. The van der Waals surface area contributed by atoms with Crippen LogP contribution in [0.25, 0.3) is 244 Å². The van der Waals surface area contributed by atoms with E-state index >= 15 is 0 Å². The van der Waals surface area contributed by atoms with Crippen LogP contribution in [0, 0.1) is 0 Å². The second-order valence-electron chi connectivity index (χ2n) is 34.4. The summed E-state index contributed by atoms with van der Waals surface area (Å²) in [4.78, 5) is 29.8. The van der Waals surface area contributed by atoms with Crippen molar-refractivity contribution in [2.75, 3.05) is 0 Å². The van der Waals surface area contributed by atoms with E-state index in [4.69, 9.17) is 29.9 Å². The summed E-state index contributed by atoms with van der Waals surface area (Å²) in [6.07, 6.45) is 5.65. The van der Waals surface area contributed by atoms with E-state index in [1.165, 1.54) is 110 Å². The van der Waals surface area contributed by atoms with Crippen LogP contribution in [0.5, 0.6) is 0 Å². The van der Waals surface area contributed by atoms with Crippen molar-refractivity contribution >= 4 is 142 Å². The lowest BCUT2D eigenvalue weighted by molar-refractivity contribution is 0.953. The maximum absolute atomic E-state index is 5.13. The van der Waals surface area contributed by atoms with Crippen molar-refractivity contribution in [2.45, 2.75) is 0 Å². The van der Waals surface area contributed by atoms with Gasteiger partial charge in [0.05, 0.1) is 49.7 Å². The lowest BCUT2D eigenvalue weighted by atomic mass is 9.95. The summed E-state index contributed by atoms with van der Waals surface area (Å²) in [5, 5.41) is 16.8. The number of para-hydroxylation sites is 6. The van der Waals surface area contributed by atoms with Gasteiger partial charge in [-0.25, -0.2) is 19.9 Å². The number of benzene rings is 18. The first kappa shape index (κ1) is 78.5. The Morgan fingerprint density at radius 2 is 0.419 bits per heavy atom. The first-order valence-corrected chi connectivity index (χ1v) is 46.0. The van der Waals surface area contributed by atoms with Crippen LogP contribution in [-0.2, 0) is 0 Å². The third-order valence-corrected chi connectivity index (χ3v) is 26.8. The van der Waals surface area contributed by atoms with Crippen LogP contribution in [-0.4, -0.2) is 57.3 Å². The van der Waals surface area contributed by atoms with E-state index in [1.54, 1.807) is 0 Å². The Morgan fingerprint density at radius 3 is 0.801 bits per heavy atom. The van der Waals surface area contributed by atoms with Crippen LogP contribution in [0.4, 0.5) is 0 Å². The van der Waals surface area contributed by atoms with Gasteiger partial charge in [-0.3, -0.25) is 18.3 Å². The van der Waals surface area contributed by atoms with Crippen molar-refractivity contribution < 1.29 is 0 Å². The fourth-order valence-corrected chi connectivity index (χ4v) is 21.0. The first-order chi connectivity index (χ1) is 67.6. The molecular weight excluding hydrogens is 1660 g/mol. The molecule has 136 heavy (non-hydrogen) atoms. The summed E-state index contributed by atoms with van der Waals surface area (Å²) in [7, 11) is 0. The van der Waals surface area contributed by atoms with Gasteiger partial charge in [-0.05, 0) is 207 Å². The molecule has 18 aromatic carbocycles. The summed E-state index contributed by atoms with van der Waals surface area (Å²) in [5.74, 6) is 1.83. The summed E-state index contributed by atoms with van der Waals surface area (Å²) in [6.45, 7) is 0. The van der Waals surface area contributed by atoms with Crippen molar-refractivity contribution in [1.29, 1.82) is 0 Å². The fourth-order valence-electron chi connectivity index (χ4n) is 21.0. The van der Waals surface area contributed by atoms with Crippen LogP contribution in [0.1, 0.15) is 0 Å². The second-order valence-corrected chi connectivity index (χ2v) is 34.4. The molecule has 12 nitrogen and oxygen atoms in total. The van der Waals surface area contributed by atoms with Crippen molar-refractivity contribution in [2.24, 2.45) is 0 Å². The van der Waals surface area contributed by atoms with Gasteiger partial charge < -0.3 is 9.13 Å². The van der Waals surface area contributed by atoms with E-state index in [0.717, 1.165) is 116 Å². The molecule has 0 bridgehead atoms. The Labute approximate surface area is 781 Å². The van der Waals surface area contributed by atoms with Crippen molar-refractivity contribution in [3.05, 3.63) is 486 Å². The lowest BCUT2D eigenvalue weighted by Gasteiger charge is -2.11. The van der Waals surface area contributed by atoms with Gasteiger partial charge in [-0.1, -0.05) is 315 Å². The molecule has 28 rings (SSSR count). The summed E-state index contributed by atoms with van der Waals surface area (Å²) in [5.41, 5.74) is 30.2. The van der Waals surface area contributed by atoms with Crippen LogP contribution >= 0.6 is 0 Å². The van der Waals surface area contributed by atoms with Gasteiger partial charge in [0.1, 0.15) is 16.9 Å². The minimum absolute atomic E-state index is 0.573. The van der Waals surface area contributed by atoms with Gasteiger partial charge in [-0.15, -0.1) is 0 Å². The average molecular weight is 1740 g/mol. The number of hydrogen-bond donors (Lipinski definition) is 0. The average Bonchev–Trinajstić information content (AvgIpc) is 1.55. The minimum Gasteiger partial charge on any atom is -0.309 e. The van der Waals surface area contributed by atoms with E-state index in [-0.39, 0.29) is 0 Å². The quantitative estimate of drug-likeness (QED) is 0.121. The third kappa shape index (κ3) is 13.0. The molecule has 10 aromatic heterocycles. The van der Waals surface area contributed by atoms with E-state index < -0.39 is 0 Å². The van der Waals surface area contributed by atoms with E-state index in [9.17, 15) is 0 Å². The van der Waals surface area contributed by atoms with Crippen molar-refractivity contribution in [1.82, 2.24) is 57.3 Å². The Bertz CT molecular complexity index is 9470. The van der Waals surface area contributed by atoms with Gasteiger partial charge in [0.15, 0.2) is 11.6 Å². The van der Waals surface area contributed by atoms with Crippen LogP contribution in [0.15, 0.2) is 486 Å². The topological polar surface area (TPSA) is 107 Å². The second kappa shape index (κ2) is 32.8. The van der Waals surface area contributed by atoms with Gasteiger partial charge in [-0.2, -0.15) is 9.97 Å². The Balaban J connectivity index is 0.000000106. The maximum Gasteiger partial charge on any atom is 0.238 e. The summed E-state index contributed by atoms with van der Waals surface area (Å²) < 4.78 is 13.8. The maximum atomic E-state index is 5.13. The molecule has 12 heteroatoms. The number of pyridine rings is 3. The molecule has 0 unspecified atom stereocenters. The number of hydrogen-bond acceptors (Lipinski definition) is 6. The molecule has 0 saturated carbocycles. The predicted molar refractivity (Wildman–Crippen MR) is 562 cm³/mol. The molecule has 636 valence electrons. The Hall–Kier alpha value is -18.5. The number of aromatic nitrogens is 12. The summed E-state index contributed by atoms with van der Waals surface area (Å²) in [6, 6.07) is 165. The molecule has 0 radical (unpaired) electrons. The van der Waals surface area contributed by atoms with E-state index in [1.807, 2.05) is 104 Å². The van der Waals surface area contributed by atoms with Gasteiger partial charge in [0.2, 0.25) is 5.95 Å². The minimum atomic E-state index is 0.573. The zero-order valence-electron chi connectivity index (χ0n) is 73.6. The number of rotatable bonds is 12.